The van der Waals surface area contributed by atoms with Gasteiger partial charge in [-0.2, -0.15) is 0 Å². The van der Waals surface area contributed by atoms with Crippen LogP contribution in [0.3, 0.4) is 0 Å². The lowest BCUT2D eigenvalue weighted by Gasteiger charge is -2.20. The molecule has 0 heterocycles. The van der Waals surface area contributed by atoms with Crippen LogP contribution in [-0.2, 0) is 11.8 Å². The minimum atomic E-state index is 0.196. The van der Waals surface area contributed by atoms with E-state index in [-0.39, 0.29) is 5.41 Å². The summed E-state index contributed by atoms with van der Waals surface area (Å²) in [6, 6.07) is 16.9. The van der Waals surface area contributed by atoms with Gasteiger partial charge in [-0.05, 0) is 47.2 Å². The first kappa shape index (κ1) is 16.1. The Labute approximate surface area is 133 Å². The third-order valence-electron chi connectivity index (χ3n) is 3.93. The Bertz CT molecular complexity index is 564. The summed E-state index contributed by atoms with van der Waals surface area (Å²) in [7, 11) is 0. The molecule has 0 aliphatic rings. The monoisotopic (exact) mass is 301 g/mol. The number of halogens is 1. The predicted octanol–water partition coefficient (Wildman–Crippen LogP) is 4.92. The van der Waals surface area contributed by atoms with Gasteiger partial charge in [-0.15, -0.1) is 0 Å². The molecule has 0 amide bonds. The molecule has 0 aliphatic heterocycles. The maximum atomic E-state index is 5.96. The van der Waals surface area contributed by atoms with E-state index < -0.39 is 0 Å². The Morgan fingerprint density at radius 1 is 0.952 bits per heavy atom. The molecule has 0 radical (unpaired) electrons. The molecular weight excluding hydrogens is 278 g/mol. The fourth-order valence-corrected chi connectivity index (χ4v) is 2.62. The third-order valence-corrected chi connectivity index (χ3v) is 4.18. The average Bonchev–Trinajstić information content (AvgIpc) is 2.45. The van der Waals surface area contributed by atoms with E-state index in [2.05, 4.69) is 57.2 Å². The molecule has 2 aromatic rings. The van der Waals surface area contributed by atoms with Gasteiger partial charge in [0.15, 0.2) is 0 Å². The lowest BCUT2D eigenvalue weighted by Crippen LogP contribution is -2.15. The first-order chi connectivity index (χ1) is 9.90. The molecule has 0 aliphatic carbocycles. The molecule has 0 saturated heterocycles. The zero-order valence-corrected chi connectivity index (χ0v) is 13.8. The van der Waals surface area contributed by atoms with E-state index in [9.17, 15) is 0 Å². The number of hydrogen-bond donors (Lipinski definition) is 1. The molecule has 0 fully saturated rings. The maximum Gasteiger partial charge on any atom is 0.0406 e. The molecule has 2 aromatic carbocycles. The second-order valence-corrected chi connectivity index (χ2v) is 7.07. The topological polar surface area (TPSA) is 26.0 Å². The summed E-state index contributed by atoms with van der Waals surface area (Å²) in [6.07, 6.45) is 0.961. The van der Waals surface area contributed by atoms with Crippen molar-refractivity contribution in [2.75, 3.05) is 6.54 Å². The largest absolute Gasteiger partial charge is 0.330 e. The molecule has 1 nitrogen and oxygen atoms in total. The van der Waals surface area contributed by atoms with Gasteiger partial charge in [-0.25, -0.2) is 0 Å². The fourth-order valence-electron chi connectivity index (χ4n) is 2.50. The summed E-state index contributed by atoms with van der Waals surface area (Å²) in [5.74, 6) is 0.336. The van der Waals surface area contributed by atoms with Crippen LogP contribution in [0.25, 0.3) is 0 Å². The summed E-state index contributed by atoms with van der Waals surface area (Å²) >= 11 is 5.95. The van der Waals surface area contributed by atoms with Gasteiger partial charge in [0.2, 0.25) is 0 Å². The number of nitrogens with two attached hydrogens (primary N) is 1. The second kappa shape index (κ2) is 6.64. The second-order valence-electron chi connectivity index (χ2n) is 6.64. The summed E-state index contributed by atoms with van der Waals surface area (Å²) in [5.41, 5.74) is 10.1. The molecule has 2 N–H and O–H groups in total. The van der Waals surface area contributed by atoms with Crippen molar-refractivity contribution < 1.29 is 0 Å². The van der Waals surface area contributed by atoms with E-state index in [0.29, 0.717) is 12.5 Å². The summed E-state index contributed by atoms with van der Waals surface area (Å²) in [6.45, 7) is 7.35. The van der Waals surface area contributed by atoms with E-state index in [4.69, 9.17) is 17.3 Å². The number of benzene rings is 2. The summed E-state index contributed by atoms with van der Waals surface area (Å²) in [4.78, 5) is 0. The highest BCUT2D eigenvalue weighted by Crippen LogP contribution is 2.25. The SMILES string of the molecule is CC(C)(C)c1ccc(CC(CN)c2ccc(Cl)cc2)cc1. The molecule has 112 valence electrons. The minimum absolute atomic E-state index is 0.196. The molecule has 2 heteroatoms. The van der Waals surface area contributed by atoms with Gasteiger partial charge in [0.25, 0.3) is 0 Å². The van der Waals surface area contributed by atoms with Crippen molar-refractivity contribution in [3.8, 4) is 0 Å². The molecule has 0 spiro atoms. The van der Waals surface area contributed by atoms with Crippen LogP contribution in [0.1, 0.15) is 43.4 Å². The average molecular weight is 302 g/mol. The van der Waals surface area contributed by atoms with Gasteiger partial charge in [0.05, 0.1) is 0 Å². The van der Waals surface area contributed by atoms with Crippen LogP contribution in [0.4, 0.5) is 0 Å². The molecular formula is C19H24ClN. The number of hydrogen-bond acceptors (Lipinski definition) is 1. The molecule has 0 aromatic heterocycles. The summed E-state index contributed by atoms with van der Waals surface area (Å²) in [5, 5.41) is 0.768. The van der Waals surface area contributed by atoms with Crippen LogP contribution < -0.4 is 5.73 Å². The van der Waals surface area contributed by atoms with Gasteiger partial charge >= 0.3 is 0 Å². The summed E-state index contributed by atoms with van der Waals surface area (Å²) < 4.78 is 0. The van der Waals surface area contributed by atoms with Crippen molar-refractivity contribution >= 4 is 11.6 Å². The van der Waals surface area contributed by atoms with Gasteiger partial charge in [0, 0.05) is 10.9 Å². The molecule has 0 saturated carbocycles. The first-order valence-corrected chi connectivity index (χ1v) is 7.83. The highest BCUT2D eigenvalue weighted by Gasteiger charge is 2.14. The highest BCUT2D eigenvalue weighted by molar-refractivity contribution is 6.30. The van der Waals surface area contributed by atoms with Crippen molar-refractivity contribution in [2.45, 2.75) is 38.5 Å². The zero-order valence-electron chi connectivity index (χ0n) is 13.1. The number of rotatable bonds is 4. The molecule has 1 atom stereocenters. The van der Waals surface area contributed by atoms with E-state index in [0.717, 1.165) is 11.4 Å². The molecule has 21 heavy (non-hydrogen) atoms. The van der Waals surface area contributed by atoms with Gasteiger partial charge in [-0.3, -0.25) is 0 Å². The van der Waals surface area contributed by atoms with Crippen molar-refractivity contribution in [1.82, 2.24) is 0 Å². The molecule has 2 rings (SSSR count). The third kappa shape index (κ3) is 4.33. The minimum Gasteiger partial charge on any atom is -0.330 e. The van der Waals surface area contributed by atoms with E-state index in [1.54, 1.807) is 0 Å². The van der Waals surface area contributed by atoms with Gasteiger partial charge < -0.3 is 5.73 Å². The van der Waals surface area contributed by atoms with Crippen LogP contribution in [0.2, 0.25) is 5.02 Å². The quantitative estimate of drug-likeness (QED) is 0.852. The van der Waals surface area contributed by atoms with Gasteiger partial charge in [0.1, 0.15) is 0 Å². The van der Waals surface area contributed by atoms with Crippen molar-refractivity contribution in [3.05, 3.63) is 70.2 Å². The fraction of sp³-hybridized carbons (Fsp3) is 0.368. The van der Waals surface area contributed by atoms with Crippen LogP contribution in [-0.4, -0.2) is 6.54 Å². The van der Waals surface area contributed by atoms with Crippen LogP contribution in [0, 0.1) is 0 Å². The smallest absolute Gasteiger partial charge is 0.0406 e. The zero-order chi connectivity index (χ0) is 15.5. The maximum absolute atomic E-state index is 5.96. The lowest BCUT2D eigenvalue weighted by atomic mass is 9.85. The Morgan fingerprint density at radius 3 is 2.00 bits per heavy atom. The Kier molecular flexibility index (Phi) is 5.08. The molecule has 0 bridgehead atoms. The Balaban J connectivity index is 2.13. The normalized spacial score (nSPS) is 13.2. The first-order valence-electron chi connectivity index (χ1n) is 7.45. The van der Waals surface area contributed by atoms with Gasteiger partial charge in [-0.1, -0.05) is 68.8 Å². The Morgan fingerprint density at radius 2 is 1.52 bits per heavy atom. The van der Waals surface area contributed by atoms with Crippen molar-refractivity contribution in [1.29, 1.82) is 0 Å². The van der Waals surface area contributed by atoms with E-state index in [1.807, 2.05) is 12.1 Å². The van der Waals surface area contributed by atoms with E-state index in [1.165, 1.54) is 16.7 Å². The molecule has 1 unspecified atom stereocenters. The van der Waals surface area contributed by atoms with Crippen LogP contribution >= 0.6 is 11.6 Å². The van der Waals surface area contributed by atoms with Crippen molar-refractivity contribution in [2.24, 2.45) is 5.73 Å². The highest BCUT2D eigenvalue weighted by atomic mass is 35.5. The Hall–Kier alpha value is -1.31. The van der Waals surface area contributed by atoms with Crippen molar-refractivity contribution in [3.63, 3.8) is 0 Å². The standard InChI is InChI=1S/C19H24ClN/c1-19(2,3)17-8-4-14(5-9-17)12-16(13-21)15-6-10-18(20)11-7-15/h4-11,16H,12-13,21H2,1-3H3. The van der Waals surface area contributed by atoms with E-state index >= 15 is 0 Å². The predicted molar refractivity (Wildman–Crippen MR) is 92.1 cm³/mol. The van der Waals surface area contributed by atoms with Crippen LogP contribution in [0.5, 0.6) is 0 Å². The van der Waals surface area contributed by atoms with Crippen LogP contribution in [0.15, 0.2) is 48.5 Å². The lowest BCUT2D eigenvalue weighted by molar-refractivity contribution is 0.589.